The fourth-order valence-corrected chi connectivity index (χ4v) is 0.929. The van der Waals surface area contributed by atoms with Crippen LogP contribution in [0.15, 0.2) is 0 Å². The minimum Gasteiger partial charge on any atom is -0.479 e. The summed E-state index contributed by atoms with van der Waals surface area (Å²) in [6, 6.07) is -0.626. The Kier molecular flexibility index (Phi) is 8.76. The van der Waals surface area contributed by atoms with E-state index in [0.717, 1.165) is 0 Å². The molecule has 0 bridgehead atoms. The smallest absolute Gasteiger partial charge is 0.334 e. The molecule has 0 rings (SSSR count). The van der Waals surface area contributed by atoms with Crippen LogP contribution >= 0.6 is 0 Å². The normalized spacial score (nSPS) is 12.2. The summed E-state index contributed by atoms with van der Waals surface area (Å²) in [7, 11) is 1.20. The molecule has 0 fully saturated rings. The van der Waals surface area contributed by atoms with E-state index < -0.39 is 31.1 Å². The van der Waals surface area contributed by atoms with Crippen LogP contribution < -0.4 is 10.6 Å². The number of nitrogens with one attached hydrogen (secondary N) is 2. The highest BCUT2D eigenvalue weighted by atomic mass is 19.3. The minimum absolute atomic E-state index is 0.0449. The van der Waals surface area contributed by atoms with Crippen LogP contribution in [0.4, 0.5) is 13.6 Å². The van der Waals surface area contributed by atoms with Gasteiger partial charge >= 0.3 is 12.0 Å². The van der Waals surface area contributed by atoms with Crippen LogP contribution in [-0.2, 0) is 14.3 Å². The van der Waals surface area contributed by atoms with Crippen LogP contribution in [0.3, 0.4) is 0 Å². The average molecular weight is 270 g/mol. The van der Waals surface area contributed by atoms with Gasteiger partial charge in [0.05, 0.1) is 13.2 Å². The molecule has 9 heteroatoms. The predicted molar refractivity (Wildman–Crippen MR) is 56.7 cm³/mol. The summed E-state index contributed by atoms with van der Waals surface area (Å²) >= 11 is 0. The number of hydrogen-bond donors (Lipinski definition) is 3. The number of carboxylic acid groups (broad SMARTS) is 1. The number of rotatable bonds is 9. The maximum absolute atomic E-state index is 11.7. The molecule has 106 valence electrons. The van der Waals surface area contributed by atoms with Crippen LogP contribution in [0.2, 0.25) is 0 Å². The fourth-order valence-electron chi connectivity index (χ4n) is 0.929. The number of carbonyl (C=O) groups is 2. The maximum atomic E-state index is 11.7. The van der Waals surface area contributed by atoms with Gasteiger partial charge in [-0.3, -0.25) is 0 Å². The molecule has 2 amide bonds. The molecule has 3 N–H and O–H groups in total. The SMILES string of the molecule is COC(CNC(=O)NCCOCC(F)F)C(=O)O. The lowest BCUT2D eigenvalue weighted by Crippen LogP contribution is -2.43. The number of amides is 2. The highest BCUT2D eigenvalue weighted by Crippen LogP contribution is 1.91. The molecule has 0 heterocycles. The third-order valence-electron chi connectivity index (χ3n) is 1.78. The molecular weight excluding hydrogens is 254 g/mol. The lowest BCUT2D eigenvalue weighted by molar-refractivity contribution is -0.147. The van der Waals surface area contributed by atoms with Gasteiger partial charge in [-0.25, -0.2) is 18.4 Å². The van der Waals surface area contributed by atoms with Crippen molar-refractivity contribution in [3.63, 3.8) is 0 Å². The van der Waals surface area contributed by atoms with Crippen molar-refractivity contribution in [1.82, 2.24) is 10.6 Å². The number of ether oxygens (including phenoxy) is 2. The van der Waals surface area contributed by atoms with Crippen molar-refractivity contribution in [2.24, 2.45) is 0 Å². The van der Waals surface area contributed by atoms with Crippen molar-refractivity contribution >= 4 is 12.0 Å². The summed E-state index contributed by atoms with van der Waals surface area (Å²) in [4.78, 5) is 21.6. The number of methoxy groups -OCH3 is 1. The van der Waals surface area contributed by atoms with Gasteiger partial charge in [0.1, 0.15) is 6.61 Å². The molecule has 0 aromatic rings. The van der Waals surface area contributed by atoms with Crippen molar-refractivity contribution < 1.29 is 33.0 Å². The Bertz CT molecular complexity index is 265. The van der Waals surface area contributed by atoms with Crippen LogP contribution in [0.1, 0.15) is 0 Å². The molecule has 0 saturated heterocycles. The van der Waals surface area contributed by atoms with Crippen LogP contribution in [0, 0.1) is 0 Å². The Morgan fingerprint density at radius 1 is 1.33 bits per heavy atom. The molecule has 0 aliphatic heterocycles. The minimum atomic E-state index is -2.54. The largest absolute Gasteiger partial charge is 0.479 e. The molecule has 1 atom stereocenters. The third kappa shape index (κ3) is 8.65. The van der Waals surface area contributed by atoms with Crippen molar-refractivity contribution in [3.05, 3.63) is 0 Å². The topological polar surface area (TPSA) is 96.9 Å². The van der Waals surface area contributed by atoms with Gasteiger partial charge in [0.15, 0.2) is 6.10 Å². The van der Waals surface area contributed by atoms with Crippen LogP contribution in [0.5, 0.6) is 0 Å². The molecule has 18 heavy (non-hydrogen) atoms. The first kappa shape index (κ1) is 16.5. The Morgan fingerprint density at radius 3 is 2.50 bits per heavy atom. The van der Waals surface area contributed by atoms with Crippen LogP contribution in [0.25, 0.3) is 0 Å². The number of hydrogen-bond acceptors (Lipinski definition) is 4. The molecule has 0 aromatic heterocycles. The first-order valence-electron chi connectivity index (χ1n) is 5.10. The predicted octanol–water partition coefficient (Wildman–Crippen LogP) is -0.333. The molecule has 0 radical (unpaired) electrons. The highest BCUT2D eigenvalue weighted by Gasteiger charge is 2.16. The quantitative estimate of drug-likeness (QED) is 0.498. The first-order chi connectivity index (χ1) is 8.47. The zero-order valence-corrected chi connectivity index (χ0v) is 9.82. The number of halogens is 2. The summed E-state index contributed by atoms with van der Waals surface area (Å²) in [6.45, 7) is -0.892. The summed E-state index contributed by atoms with van der Waals surface area (Å²) in [5.74, 6) is -1.20. The van der Waals surface area contributed by atoms with Gasteiger partial charge in [0.2, 0.25) is 0 Å². The van der Waals surface area contributed by atoms with Gasteiger partial charge in [-0.2, -0.15) is 0 Å². The van der Waals surface area contributed by atoms with Crippen molar-refractivity contribution in [1.29, 1.82) is 0 Å². The molecule has 0 aromatic carbocycles. The zero-order chi connectivity index (χ0) is 14.0. The van der Waals surface area contributed by atoms with Gasteiger partial charge in [-0.15, -0.1) is 0 Å². The number of alkyl halides is 2. The second-order valence-corrected chi connectivity index (χ2v) is 3.17. The van der Waals surface area contributed by atoms with E-state index in [9.17, 15) is 18.4 Å². The van der Waals surface area contributed by atoms with E-state index >= 15 is 0 Å². The Hall–Kier alpha value is -1.48. The molecule has 7 nitrogen and oxygen atoms in total. The second kappa shape index (κ2) is 9.54. The molecule has 0 spiro atoms. The molecule has 0 saturated carbocycles. The Labute approximate surface area is 102 Å². The third-order valence-corrected chi connectivity index (χ3v) is 1.78. The van der Waals surface area contributed by atoms with E-state index in [1.165, 1.54) is 7.11 Å². The average Bonchev–Trinajstić information content (AvgIpc) is 2.28. The van der Waals surface area contributed by atoms with Crippen LogP contribution in [-0.4, -0.2) is 63.0 Å². The molecule has 0 aliphatic carbocycles. The van der Waals surface area contributed by atoms with E-state index in [1.54, 1.807) is 0 Å². The second-order valence-electron chi connectivity index (χ2n) is 3.17. The van der Waals surface area contributed by atoms with Crippen molar-refractivity contribution in [2.75, 3.05) is 33.4 Å². The van der Waals surface area contributed by atoms with E-state index in [1.807, 2.05) is 0 Å². The summed E-state index contributed by atoms with van der Waals surface area (Å²) < 4.78 is 32.4. The number of carboxylic acids is 1. The number of urea groups is 1. The summed E-state index contributed by atoms with van der Waals surface area (Å²) in [5, 5.41) is 13.2. The van der Waals surface area contributed by atoms with Gasteiger partial charge in [0, 0.05) is 13.7 Å². The lowest BCUT2D eigenvalue weighted by atomic mass is 10.3. The van der Waals surface area contributed by atoms with Crippen molar-refractivity contribution in [2.45, 2.75) is 12.5 Å². The standard InChI is InChI=1S/C9H16F2N2O5/c1-17-6(8(14)15)4-13-9(16)12-2-3-18-5-7(10)11/h6-7H,2-5H2,1H3,(H,14,15)(H2,12,13,16). The monoisotopic (exact) mass is 270 g/mol. The zero-order valence-electron chi connectivity index (χ0n) is 9.82. The van der Waals surface area contributed by atoms with Gasteiger partial charge in [-0.1, -0.05) is 0 Å². The summed E-state index contributed by atoms with van der Waals surface area (Å²) in [5.41, 5.74) is 0. The highest BCUT2D eigenvalue weighted by molar-refractivity contribution is 5.76. The Morgan fingerprint density at radius 2 is 2.00 bits per heavy atom. The fraction of sp³-hybridized carbons (Fsp3) is 0.778. The van der Waals surface area contributed by atoms with E-state index in [2.05, 4.69) is 20.1 Å². The van der Waals surface area contributed by atoms with Gasteiger partial charge in [0.25, 0.3) is 6.43 Å². The van der Waals surface area contributed by atoms with E-state index in [-0.39, 0.29) is 19.7 Å². The van der Waals surface area contributed by atoms with Crippen molar-refractivity contribution in [3.8, 4) is 0 Å². The molecule has 0 aliphatic rings. The number of carbonyl (C=O) groups excluding carboxylic acids is 1. The summed E-state index contributed by atoms with van der Waals surface area (Å²) in [6.07, 6.45) is -3.68. The number of aliphatic carboxylic acids is 1. The van der Waals surface area contributed by atoms with E-state index in [0.29, 0.717) is 0 Å². The van der Waals surface area contributed by atoms with Gasteiger partial charge < -0.3 is 25.2 Å². The maximum Gasteiger partial charge on any atom is 0.334 e. The first-order valence-corrected chi connectivity index (χ1v) is 5.10. The van der Waals surface area contributed by atoms with Gasteiger partial charge in [-0.05, 0) is 0 Å². The molecular formula is C9H16F2N2O5. The lowest BCUT2D eigenvalue weighted by Gasteiger charge is -2.12. The Balaban J connectivity index is 3.56. The van der Waals surface area contributed by atoms with E-state index in [4.69, 9.17) is 5.11 Å². The molecule has 1 unspecified atom stereocenters.